The third-order valence-electron chi connectivity index (χ3n) is 5.48. The van der Waals surface area contributed by atoms with Crippen LogP contribution in [0.3, 0.4) is 0 Å². The van der Waals surface area contributed by atoms with E-state index in [1.54, 1.807) is 6.07 Å². The predicted molar refractivity (Wildman–Crippen MR) is 97.8 cm³/mol. The predicted octanol–water partition coefficient (Wildman–Crippen LogP) is 3.43. The van der Waals surface area contributed by atoms with E-state index >= 15 is 0 Å². The van der Waals surface area contributed by atoms with E-state index in [4.69, 9.17) is 13.9 Å². The van der Waals surface area contributed by atoms with Gasteiger partial charge < -0.3 is 13.9 Å². The summed E-state index contributed by atoms with van der Waals surface area (Å²) < 4.78 is 16.8. The van der Waals surface area contributed by atoms with Gasteiger partial charge in [0.1, 0.15) is 17.9 Å². The van der Waals surface area contributed by atoms with Gasteiger partial charge in [0, 0.05) is 29.5 Å². The van der Waals surface area contributed by atoms with Gasteiger partial charge >= 0.3 is 5.63 Å². The summed E-state index contributed by atoms with van der Waals surface area (Å²) in [6.45, 7) is 4.66. The van der Waals surface area contributed by atoms with Crippen LogP contribution < -0.4 is 10.4 Å². The highest BCUT2D eigenvalue weighted by atomic mass is 16.5. The molecule has 1 atom stereocenters. The van der Waals surface area contributed by atoms with Gasteiger partial charge in [-0.3, -0.25) is 4.79 Å². The summed E-state index contributed by atoms with van der Waals surface area (Å²) in [5.41, 5.74) is 1.94. The summed E-state index contributed by atoms with van der Waals surface area (Å²) in [7, 11) is 0. The van der Waals surface area contributed by atoms with Gasteiger partial charge in [0.05, 0.1) is 5.60 Å². The van der Waals surface area contributed by atoms with Crippen molar-refractivity contribution in [1.29, 1.82) is 0 Å². The molecule has 1 aliphatic carbocycles. The number of ether oxygens (including phenoxy) is 2. The zero-order valence-corrected chi connectivity index (χ0v) is 15.3. The van der Waals surface area contributed by atoms with Crippen LogP contribution in [0.25, 0.3) is 11.0 Å². The number of fused-ring (bicyclic) bond motifs is 3. The van der Waals surface area contributed by atoms with E-state index in [1.165, 1.54) is 0 Å². The average Bonchev–Trinajstić information content (AvgIpc) is 3.09. The van der Waals surface area contributed by atoms with E-state index in [-0.39, 0.29) is 29.5 Å². The largest absolute Gasteiger partial charge is 0.486 e. The van der Waals surface area contributed by atoms with Crippen molar-refractivity contribution in [2.75, 3.05) is 13.2 Å². The monoisotopic (exact) mass is 356 g/mol. The molecule has 0 N–H and O–H groups in total. The molecule has 5 nitrogen and oxygen atoms in total. The Hall–Kier alpha value is -2.14. The second kappa shape index (κ2) is 6.54. The van der Waals surface area contributed by atoms with Crippen molar-refractivity contribution in [2.24, 2.45) is 5.92 Å². The standard InChI is InChI=1S/C21H24O5/c1-21(2)11-13(8-9-25-21)18(22)12-24-14-6-7-16-15-4-3-5-17(15)20(23)26-19(16)10-14/h6-7,10,13H,3-5,8-9,11-12H2,1-2H3. The van der Waals surface area contributed by atoms with Gasteiger partial charge in [0.25, 0.3) is 0 Å². The minimum atomic E-state index is -0.259. The Kier molecular flexibility index (Phi) is 4.35. The Balaban J connectivity index is 1.49. The first-order chi connectivity index (χ1) is 12.4. The Labute approximate surface area is 152 Å². The first-order valence-electron chi connectivity index (χ1n) is 9.31. The maximum Gasteiger partial charge on any atom is 0.339 e. The van der Waals surface area contributed by atoms with Gasteiger partial charge in [0.15, 0.2) is 5.78 Å². The van der Waals surface area contributed by atoms with E-state index < -0.39 is 0 Å². The molecule has 2 aromatic rings. The summed E-state index contributed by atoms with van der Waals surface area (Å²) in [6, 6.07) is 5.50. The van der Waals surface area contributed by atoms with Crippen LogP contribution in [-0.4, -0.2) is 24.6 Å². The zero-order valence-electron chi connectivity index (χ0n) is 15.3. The van der Waals surface area contributed by atoms with E-state index in [1.807, 2.05) is 26.0 Å². The van der Waals surface area contributed by atoms with Crippen molar-refractivity contribution in [3.63, 3.8) is 0 Å². The molecule has 1 aliphatic heterocycles. The summed E-state index contributed by atoms with van der Waals surface area (Å²) in [5, 5.41) is 0.974. The number of aryl methyl sites for hydroxylation is 1. The van der Waals surface area contributed by atoms with E-state index in [0.29, 0.717) is 24.4 Å². The summed E-state index contributed by atoms with van der Waals surface area (Å²) >= 11 is 0. The highest BCUT2D eigenvalue weighted by molar-refractivity contribution is 5.84. The highest BCUT2D eigenvalue weighted by Gasteiger charge is 2.32. The first-order valence-corrected chi connectivity index (χ1v) is 9.31. The topological polar surface area (TPSA) is 65.7 Å². The number of ketones is 1. The molecule has 2 aliphatic rings. The van der Waals surface area contributed by atoms with Crippen molar-refractivity contribution in [3.8, 4) is 5.75 Å². The lowest BCUT2D eigenvalue weighted by atomic mass is 9.86. The van der Waals surface area contributed by atoms with E-state index in [2.05, 4.69) is 0 Å². The maximum absolute atomic E-state index is 12.5. The zero-order chi connectivity index (χ0) is 18.3. The molecule has 5 heteroatoms. The molecule has 1 unspecified atom stereocenters. The molecule has 0 bridgehead atoms. The molecule has 0 saturated carbocycles. The van der Waals surface area contributed by atoms with Crippen molar-refractivity contribution in [1.82, 2.24) is 0 Å². The number of carbonyl (C=O) groups is 1. The van der Waals surface area contributed by atoms with Gasteiger partial charge in [-0.1, -0.05) is 0 Å². The smallest absolute Gasteiger partial charge is 0.339 e. The van der Waals surface area contributed by atoms with Gasteiger partial charge in [-0.15, -0.1) is 0 Å². The fourth-order valence-corrected chi connectivity index (χ4v) is 4.13. The van der Waals surface area contributed by atoms with Crippen LogP contribution in [-0.2, 0) is 22.4 Å². The van der Waals surface area contributed by atoms with Crippen LogP contribution >= 0.6 is 0 Å². The quantitative estimate of drug-likeness (QED) is 0.785. The minimum absolute atomic E-state index is 0.0274. The van der Waals surface area contributed by atoms with Crippen LogP contribution in [0.4, 0.5) is 0 Å². The van der Waals surface area contributed by atoms with Gasteiger partial charge in [-0.2, -0.15) is 0 Å². The summed E-state index contributed by atoms with van der Waals surface area (Å²) in [5.74, 6) is 0.621. The molecular weight excluding hydrogens is 332 g/mol. The maximum atomic E-state index is 12.5. The van der Waals surface area contributed by atoms with Crippen molar-refractivity contribution in [2.45, 2.75) is 51.6 Å². The van der Waals surface area contributed by atoms with Crippen molar-refractivity contribution < 1.29 is 18.7 Å². The third kappa shape index (κ3) is 3.28. The lowest BCUT2D eigenvalue weighted by molar-refractivity contribution is -0.135. The van der Waals surface area contributed by atoms with Gasteiger partial charge in [0.2, 0.25) is 0 Å². The van der Waals surface area contributed by atoms with Crippen LogP contribution in [0.15, 0.2) is 27.4 Å². The fourth-order valence-electron chi connectivity index (χ4n) is 4.13. The average molecular weight is 356 g/mol. The fraction of sp³-hybridized carbons (Fsp3) is 0.524. The molecule has 0 spiro atoms. The number of carbonyl (C=O) groups excluding carboxylic acids is 1. The molecule has 26 heavy (non-hydrogen) atoms. The van der Waals surface area contributed by atoms with Crippen LogP contribution in [0.5, 0.6) is 5.75 Å². The molecule has 1 aromatic carbocycles. The Morgan fingerprint density at radius 1 is 1.27 bits per heavy atom. The molecule has 2 heterocycles. The van der Waals surface area contributed by atoms with Crippen LogP contribution in [0.1, 0.15) is 44.2 Å². The SMILES string of the molecule is CC1(C)CC(C(=O)COc2ccc3c4c(c(=O)oc3c2)CCC4)CCO1. The normalized spacial score (nSPS) is 21.5. The number of rotatable bonds is 4. The third-order valence-corrected chi connectivity index (χ3v) is 5.48. The number of benzene rings is 1. The number of hydrogen-bond donors (Lipinski definition) is 0. The van der Waals surface area contributed by atoms with Gasteiger partial charge in [-0.05, 0) is 63.6 Å². The molecule has 0 radical (unpaired) electrons. The van der Waals surface area contributed by atoms with Crippen LogP contribution in [0, 0.1) is 5.92 Å². The highest BCUT2D eigenvalue weighted by Crippen LogP contribution is 2.31. The molecule has 1 fully saturated rings. The molecule has 0 amide bonds. The van der Waals surface area contributed by atoms with Crippen LogP contribution in [0.2, 0.25) is 0 Å². The second-order valence-corrected chi connectivity index (χ2v) is 7.91. The second-order valence-electron chi connectivity index (χ2n) is 7.91. The first kappa shape index (κ1) is 17.3. The molecule has 1 aromatic heterocycles. The lowest BCUT2D eigenvalue weighted by Gasteiger charge is -2.34. The van der Waals surface area contributed by atoms with Crippen molar-refractivity contribution in [3.05, 3.63) is 39.7 Å². The van der Waals surface area contributed by atoms with Gasteiger partial charge in [-0.25, -0.2) is 4.79 Å². The minimum Gasteiger partial charge on any atom is -0.486 e. The van der Waals surface area contributed by atoms with Crippen molar-refractivity contribution >= 4 is 16.8 Å². The Bertz CT molecular complexity index is 908. The summed E-state index contributed by atoms with van der Waals surface area (Å²) in [6.07, 6.45) is 4.16. The Morgan fingerprint density at radius 2 is 2.08 bits per heavy atom. The number of hydrogen-bond acceptors (Lipinski definition) is 5. The number of Topliss-reactive ketones (excluding diaryl/α,β-unsaturated/α-hetero) is 1. The molecule has 1 saturated heterocycles. The molecular formula is C21H24O5. The van der Waals surface area contributed by atoms with E-state index in [0.717, 1.165) is 42.2 Å². The molecule has 4 rings (SSSR count). The molecule has 138 valence electrons. The lowest BCUT2D eigenvalue weighted by Crippen LogP contribution is -2.38. The van der Waals surface area contributed by atoms with E-state index in [9.17, 15) is 9.59 Å². The Morgan fingerprint density at radius 3 is 2.88 bits per heavy atom. The summed E-state index contributed by atoms with van der Waals surface area (Å²) in [4.78, 5) is 24.6.